The van der Waals surface area contributed by atoms with Gasteiger partial charge in [0.05, 0.1) is 12.6 Å². The number of ether oxygens (including phenoxy) is 2. The number of carbonyl (C=O) groups excluding carboxylic acids is 3. The summed E-state index contributed by atoms with van der Waals surface area (Å²) in [4.78, 5) is 38.8. The highest BCUT2D eigenvalue weighted by Crippen LogP contribution is 2.18. The van der Waals surface area contributed by atoms with Gasteiger partial charge in [-0.05, 0) is 103 Å². The molecular formula is C32H41N5O5. The Kier molecular flexibility index (Phi) is 10.2. The van der Waals surface area contributed by atoms with Crippen LogP contribution in [0.2, 0.25) is 0 Å². The number of nitrogens with zero attached hydrogens (tertiary/aromatic N) is 1. The van der Waals surface area contributed by atoms with Gasteiger partial charge < -0.3 is 25.0 Å². The van der Waals surface area contributed by atoms with E-state index < -0.39 is 23.4 Å². The highest BCUT2D eigenvalue weighted by Gasteiger charge is 2.30. The van der Waals surface area contributed by atoms with Crippen LogP contribution in [-0.4, -0.2) is 65.7 Å². The van der Waals surface area contributed by atoms with Crippen LogP contribution in [0.15, 0.2) is 42.5 Å². The lowest BCUT2D eigenvalue weighted by molar-refractivity contribution is 0.0500. The molecule has 0 spiro atoms. The van der Waals surface area contributed by atoms with Gasteiger partial charge in [-0.3, -0.25) is 15.5 Å². The van der Waals surface area contributed by atoms with Crippen molar-refractivity contribution in [1.29, 1.82) is 5.41 Å². The maximum Gasteiger partial charge on any atom is 0.413 e. The van der Waals surface area contributed by atoms with E-state index >= 15 is 0 Å². The van der Waals surface area contributed by atoms with Gasteiger partial charge >= 0.3 is 12.2 Å². The van der Waals surface area contributed by atoms with Gasteiger partial charge in [0.2, 0.25) is 0 Å². The predicted molar refractivity (Wildman–Crippen MR) is 163 cm³/mol. The fourth-order valence-electron chi connectivity index (χ4n) is 4.21. The summed E-state index contributed by atoms with van der Waals surface area (Å²) in [6, 6.07) is 12.4. The smallest absolute Gasteiger partial charge is 0.413 e. The third kappa shape index (κ3) is 10.1. The topological polar surface area (TPSA) is 133 Å². The van der Waals surface area contributed by atoms with Crippen molar-refractivity contribution in [1.82, 2.24) is 15.5 Å². The van der Waals surface area contributed by atoms with Crippen molar-refractivity contribution >= 4 is 29.6 Å². The summed E-state index contributed by atoms with van der Waals surface area (Å²) in [5.74, 6) is 6.08. The van der Waals surface area contributed by atoms with Crippen LogP contribution in [0.5, 0.6) is 0 Å². The molecule has 0 radical (unpaired) electrons. The summed E-state index contributed by atoms with van der Waals surface area (Å²) >= 11 is 0. The first-order chi connectivity index (χ1) is 19.6. The average molecular weight is 576 g/mol. The van der Waals surface area contributed by atoms with E-state index in [1.54, 1.807) is 56.0 Å². The number of amides is 3. The Balaban J connectivity index is 1.49. The molecule has 3 amide bonds. The number of hydrogen-bond donors (Lipinski definition) is 4. The minimum absolute atomic E-state index is 0.0464. The number of hydrogen-bond acceptors (Lipinski definition) is 7. The molecule has 1 aliphatic rings. The minimum Gasteiger partial charge on any atom is -0.444 e. The number of aryl methyl sites for hydroxylation is 1. The SMILES string of the molecule is Cc1cc(C#CCNc2ccc(C(=N)NC(=O)OC(C)(C)C)cc2)ccc1C(=O)N1CCC(NC(=O)OC(C)(C)C)C1. The number of amidine groups is 1. The Morgan fingerprint density at radius 2 is 1.62 bits per heavy atom. The van der Waals surface area contributed by atoms with Gasteiger partial charge in [-0.15, -0.1) is 0 Å². The van der Waals surface area contributed by atoms with Crippen LogP contribution in [0, 0.1) is 24.2 Å². The molecule has 0 aromatic heterocycles. The van der Waals surface area contributed by atoms with Gasteiger partial charge in [0.25, 0.3) is 5.91 Å². The third-order valence-electron chi connectivity index (χ3n) is 6.07. The zero-order valence-corrected chi connectivity index (χ0v) is 25.4. The second-order valence-electron chi connectivity index (χ2n) is 12.1. The Hall–Kier alpha value is -4.52. The first kappa shape index (κ1) is 32.0. The largest absolute Gasteiger partial charge is 0.444 e. The minimum atomic E-state index is -0.671. The number of carbonyl (C=O) groups is 3. The van der Waals surface area contributed by atoms with Crippen LogP contribution in [0.1, 0.15) is 75.0 Å². The molecule has 1 aliphatic heterocycles. The van der Waals surface area contributed by atoms with E-state index in [0.29, 0.717) is 37.2 Å². The molecule has 1 unspecified atom stereocenters. The third-order valence-corrected chi connectivity index (χ3v) is 6.07. The molecule has 1 fully saturated rings. The molecule has 2 aromatic carbocycles. The van der Waals surface area contributed by atoms with E-state index in [4.69, 9.17) is 14.9 Å². The van der Waals surface area contributed by atoms with Crippen LogP contribution in [0.3, 0.4) is 0 Å². The summed E-state index contributed by atoms with van der Waals surface area (Å²) in [6.45, 7) is 14.0. The number of alkyl carbamates (subject to hydrolysis) is 2. The second-order valence-corrected chi connectivity index (χ2v) is 12.1. The van der Waals surface area contributed by atoms with Crippen LogP contribution in [0.25, 0.3) is 0 Å². The molecule has 10 nitrogen and oxygen atoms in total. The van der Waals surface area contributed by atoms with Crippen molar-refractivity contribution in [2.24, 2.45) is 0 Å². The maximum atomic E-state index is 13.1. The molecule has 1 heterocycles. The van der Waals surface area contributed by atoms with Gasteiger partial charge in [0.1, 0.15) is 17.0 Å². The number of benzene rings is 2. The molecule has 0 bridgehead atoms. The molecule has 10 heteroatoms. The molecule has 0 saturated carbocycles. The zero-order chi connectivity index (χ0) is 31.1. The Morgan fingerprint density at radius 3 is 2.24 bits per heavy atom. The second kappa shape index (κ2) is 13.4. The number of anilines is 1. The van der Waals surface area contributed by atoms with Gasteiger partial charge in [-0.1, -0.05) is 11.8 Å². The molecule has 1 saturated heterocycles. The van der Waals surface area contributed by atoms with E-state index in [9.17, 15) is 14.4 Å². The average Bonchev–Trinajstić information content (AvgIpc) is 3.32. The summed E-state index contributed by atoms with van der Waals surface area (Å²) in [6.07, 6.45) is -0.468. The summed E-state index contributed by atoms with van der Waals surface area (Å²) in [5, 5.41) is 16.6. The lowest BCUT2D eigenvalue weighted by Gasteiger charge is -2.22. The van der Waals surface area contributed by atoms with E-state index in [1.165, 1.54) is 0 Å². The van der Waals surface area contributed by atoms with Crippen LogP contribution < -0.4 is 16.0 Å². The molecular weight excluding hydrogens is 534 g/mol. The Morgan fingerprint density at radius 1 is 0.976 bits per heavy atom. The van der Waals surface area contributed by atoms with E-state index in [1.807, 2.05) is 39.8 Å². The van der Waals surface area contributed by atoms with Crippen LogP contribution in [0.4, 0.5) is 15.3 Å². The lowest BCUT2D eigenvalue weighted by atomic mass is 10.0. The molecule has 224 valence electrons. The van der Waals surface area contributed by atoms with Crippen molar-refractivity contribution in [3.8, 4) is 11.8 Å². The van der Waals surface area contributed by atoms with E-state index in [-0.39, 0.29) is 17.8 Å². The fraction of sp³-hybridized carbons (Fsp3) is 0.438. The molecule has 42 heavy (non-hydrogen) atoms. The number of nitrogens with one attached hydrogen (secondary N) is 4. The number of likely N-dealkylation sites (tertiary alicyclic amines) is 1. The maximum absolute atomic E-state index is 13.1. The highest BCUT2D eigenvalue weighted by molar-refractivity contribution is 6.04. The Bertz CT molecular complexity index is 1380. The van der Waals surface area contributed by atoms with Crippen LogP contribution in [-0.2, 0) is 9.47 Å². The fourth-order valence-corrected chi connectivity index (χ4v) is 4.21. The number of rotatable bonds is 5. The summed E-state index contributed by atoms with van der Waals surface area (Å²) < 4.78 is 10.5. The molecule has 3 rings (SSSR count). The standard InChI is InChI=1S/C32H41N5O5/c1-21-19-22(10-15-26(21)28(38)37-18-16-25(20-37)35-29(39)41-31(2,3)4)9-8-17-34-24-13-11-23(12-14-24)27(33)36-30(40)42-32(5,6)7/h10-15,19,25,34H,16-18,20H2,1-7H3,(H,35,39)(H2,33,36,40). The zero-order valence-electron chi connectivity index (χ0n) is 25.4. The molecule has 0 aliphatic carbocycles. The van der Waals surface area contributed by atoms with Crippen molar-refractivity contribution in [2.75, 3.05) is 25.0 Å². The predicted octanol–water partition coefficient (Wildman–Crippen LogP) is 5.05. The van der Waals surface area contributed by atoms with Gasteiger partial charge in [0, 0.05) is 35.5 Å². The van der Waals surface area contributed by atoms with Crippen molar-refractivity contribution in [2.45, 2.75) is 72.1 Å². The first-order valence-electron chi connectivity index (χ1n) is 13.9. The summed E-state index contributed by atoms with van der Waals surface area (Å²) in [5.41, 5.74) is 2.40. The van der Waals surface area contributed by atoms with E-state index in [2.05, 4.69) is 27.8 Å². The molecule has 4 N–H and O–H groups in total. The van der Waals surface area contributed by atoms with Crippen molar-refractivity contribution < 1.29 is 23.9 Å². The lowest BCUT2D eigenvalue weighted by Crippen LogP contribution is -2.41. The van der Waals surface area contributed by atoms with E-state index in [0.717, 1.165) is 16.8 Å². The normalized spacial score (nSPS) is 14.7. The highest BCUT2D eigenvalue weighted by atomic mass is 16.6. The quantitative estimate of drug-likeness (QED) is 0.224. The van der Waals surface area contributed by atoms with Gasteiger partial charge in [-0.25, -0.2) is 9.59 Å². The Labute approximate surface area is 248 Å². The van der Waals surface area contributed by atoms with Crippen molar-refractivity contribution in [3.63, 3.8) is 0 Å². The summed E-state index contributed by atoms with van der Waals surface area (Å²) in [7, 11) is 0. The van der Waals surface area contributed by atoms with Gasteiger partial charge in [0.15, 0.2) is 0 Å². The van der Waals surface area contributed by atoms with Crippen molar-refractivity contribution in [3.05, 3.63) is 64.7 Å². The molecule has 1 atom stereocenters. The first-order valence-corrected chi connectivity index (χ1v) is 13.9. The van der Waals surface area contributed by atoms with Gasteiger partial charge in [-0.2, -0.15) is 0 Å². The molecule has 2 aromatic rings. The van der Waals surface area contributed by atoms with Crippen LogP contribution >= 0.6 is 0 Å². The monoisotopic (exact) mass is 575 g/mol.